The molecule has 2 heteroatoms. The Labute approximate surface area is 171 Å². The van der Waals surface area contributed by atoms with Crippen LogP contribution >= 0.6 is 0 Å². The summed E-state index contributed by atoms with van der Waals surface area (Å²) in [5, 5.41) is 7.18. The van der Waals surface area contributed by atoms with Crippen molar-refractivity contribution in [3.05, 3.63) is 126 Å². The first-order valence-corrected chi connectivity index (χ1v) is 10.0. The van der Waals surface area contributed by atoms with Crippen LogP contribution in [0.2, 0.25) is 0 Å². The van der Waals surface area contributed by atoms with Gasteiger partial charge in [-0.25, -0.2) is 0 Å². The summed E-state index contributed by atoms with van der Waals surface area (Å²) in [5.74, 6) is 0. The highest BCUT2D eigenvalue weighted by atomic mass is 15.5. The molecule has 4 aromatic carbocycles. The fourth-order valence-electron chi connectivity index (χ4n) is 3.92. The predicted molar refractivity (Wildman–Crippen MR) is 121 cm³/mol. The van der Waals surface area contributed by atoms with Crippen molar-refractivity contribution in [1.29, 1.82) is 0 Å². The van der Waals surface area contributed by atoms with E-state index in [0.29, 0.717) is 0 Å². The Morgan fingerprint density at radius 2 is 1.07 bits per heavy atom. The molecule has 0 saturated heterocycles. The molecule has 0 saturated carbocycles. The van der Waals surface area contributed by atoms with Gasteiger partial charge in [-0.3, -0.25) is 5.01 Å². The molecule has 0 spiro atoms. The average molecular weight is 374 g/mol. The molecule has 0 radical (unpaired) electrons. The van der Waals surface area contributed by atoms with Gasteiger partial charge in [-0.05, 0) is 34.4 Å². The Bertz CT molecular complexity index is 1100. The van der Waals surface area contributed by atoms with Crippen LogP contribution < -0.4 is 5.01 Å². The Balaban J connectivity index is 1.49. The first kappa shape index (κ1) is 17.4. The van der Waals surface area contributed by atoms with E-state index in [0.717, 1.165) is 17.8 Å². The highest BCUT2D eigenvalue weighted by Gasteiger charge is 2.29. The maximum Gasteiger partial charge on any atom is 0.0831 e. The van der Waals surface area contributed by atoms with Gasteiger partial charge in [0.05, 0.1) is 17.4 Å². The zero-order valence-electron chi connectivity index (χ0n) is 16.1. The number of hydrogen-bond acceptors (Lipinski definition) is 2. The Kier molecular flexibility index (Phi) is 4.67. The Morgan fingerprint density at radius 1 is 0.552 bits per heavy atom. The van der Waals surface area contributed by atoms with Gasteiger partial charge in [0.2, 0.25) is 0 Å². The summed E-state index contributed by atoms with van der Waals surface area (Å²) in [6.45, 7) is 0. The van der Waals surface area contributed by atoms with E-state index in [1.807, 2.05) is 12.1 Å². The van der Waals surface area contributed by atoms with Gasteiger partial charge in [0, 0.05) is 6.42 Å². The van der Waals surface area contributed by atoms with E-state index in [-0.39, 0.29) is 6.04 Å². The smallest absolute Gasteiger partial charge is 0.0831 e. The van der Waals surface area contributed by atoms with Crippen molar-refractivity contribution in [3.8, 4) is 11.1 Å². The van der Waals surface area contributed by atoms with Crippen molar-refractivity contribution >= 4 is 11.4 Å². The zero-order valence-corrected chi connectivity index (χ0v) is 16.1. The van der Waals surface area contributed by atoms with Gasteiger partial charge < -0.3 is 0 Å². The lowest BCUT2D eigenvalue weighted by Crippen LogP contribution is -2.18. The molecule has 0 fully saturated rings. The monoisotopic (exact) mass is 374 g/mol. The molecule has 1 atom stereocenters. The lowest BCUT2D eigenvalue weighted by molar-refractivity contribution is 0.709. The first-order valence-electron chi connectivity index (χ1n) is 10.0. The molecule has 1 aliphatic heterocycles. The summed E-state index contributed by atoms with van der Waals surface area (Å²) in [6.07, 6.45) is 0.892. The highest BCUT2D eigenvalue weighted by Crippen LogP contribution is 2.37. The molecular formula is C27H22N2. The fraction of sp³-hybridized carbons (Fsp3) is 0.0741. The molecule has 0 unspecified atom stereocenters. The fourth-order valence-corrected chi connectivity index (χ4v) is 3.92. The van der Waals surface area contributed by atoms with Crippen molar-refractivity contribution in [3.63, 3.8) is 0 Å². The van der Waals surface area contributed by atoms with Gasteiger partial charge in [-0.2, -0.15) is 5.10 Å². The van der Waals surface area contributed by atoms with Crippen molar-refractivity contribution < 1.29 is 0 Å². The van der Waals surface area contributed by atoms with Crippen molar-refractivity contribution in [2.75, 3.05) is 5.01 Å². The Morgan fingerprint density at radius 3 is 1.69 bits per heavy atom. The molecule has 29 heavy (non-hydrogen) atoms. The number of nitrogens with zero attached hydrogens (tertiary/aromatic N) is 2. The molecule has 0 amide bonds. The van der Waals surface area contributed by atoms with Crippen LogP contribution in [0.1, 0.15) is 23.6 Å². The van der Waals surface area contributed by atoms with Crippen LogP contribution in [-0.2, 0) is 0 Å². The number of rotatable bonds is 4. The van der Waals surface area contributed by atoms with E-state index in [2.05, 4.69) is 108 Å². The lowest BCUT2D eigenvalue weighted by atomic mass is 9.96. The van der Waals surface area contributed by atoms with Crippen LogP contribution in [0.25, 0.3) is 11.1 Å². The lowest BCUT2D eigenvalue weighted by Gasteiger charge is -2.24. The van der Waals surface area contributed by atoms with E-state index >= 15 is 0 Å². The van der Waals surface area contributed by atoms with Gasteiger partial charge in [0.1, 0.15) is 0 Å². The third kappa shape index (κ3) is 3.57. The molecule has 0 N–H and O–H groups in total. The highest BCUT2D eigenvalue weighted by molar-refractivity contribution is 6.03. The normalized spacial score (nSPS) is 15.9. The molecule has 4 aromatic rings. The van der Waals surface area contributed by atoms with Crippen molar-refractivity contribution in [2.24, 2.45) is 5.10 Å². The quantitative estimate of drug-likeness (QED) is 0.388. The van der Waals surface area contributed by atoms with Gasteiger partial charge >= 0.3 is 0 Å². The predicted octanol–water partition coefficient (Wildman–Crippen LogP) is 6.71. The van der Waals surface area contributed by atoms with Crippen molar-refractivity contribution in [1.82, 2.24) is 0 Å². The summed E-state index contributed by atoms with van der Waals surface area (Å²) in [7, 11) is 0. The van der Waals surface area contributed by atoms with Crippen LogP contribution in [0.15, 0.2) is 120 Å². The van der Waals surface area contributed by atoms with Gasteiger partial charge in [-0.1, -0.05) is 103 Å². The minimum atomic E-state index is 0.192. The summed E-state index contributed by atoms with van der Waals surface area (Å²) in [4.78, 5) is 0. The number of anilines is 1. The second kappa shape index (κ2) is 7.76. The maximum absolute atomic E-state index is 5.02. The molecule has 5 rings (SSSR count). The molecule has 0 aromatic heterocycles. The minimum Gasteiger partial charge on any atom is -0.257 e. The zero-order chi connectivity index (χ0) is 19.5. The molecule has 0 aliphatic carbocycles. The van der Waals surface area contributed by atoms with Crippen LogP contribution in [0, 0.1) is 0 Å². The van der Waals surface area contributed by atoms with Crippen LogP contribution in [-0.4, -0.2) is 5.71 Å². The molecule has 140 valence electrons. The summed E-state index contributed by atoms with van der Waals surface area (Å²) >= 11 is 0. The number of hydrogen-bond donors (Lipinski definition) is 0. The van der Waals surface area contributed by atoms with Gasteiger partial charge in [0.15, 0.2) is 0 Å². The summed E-state index contributed by atoms with van der Waals surface area (Å²) in [5.41, 5.74) is 7.21. The average Bonchev–Trinajstić information content (AvgIpc) is 3.27. The number of para-hydroxylation sites is 1. The Hall–Kier alpha value is -3.65. The molecular weight excluding hydrogens is 352 g/mol. The van der Waals surface area contributed by atoms with E-state index in [1.165, 1.54) is 22.3 Å². The van der Waals surface area contributed by atoms with E-state index in [4.69, 9.17) is 5.10 Å². The third-order valence-corrected chi connectivity index (χ3v) is 5.44. The summed E-state index contributed by atoms with van der Waals surface area (Å²) < 4.78 is 0. The van der Waals surface area contributed by atoms with Crippen LogP contribution in [0.4, 0.5) is 5.69 Å². The molecule has 2 nitrogen and oxygen atoms in total. The SMILES string of the molecule is c1ccc(C2=NN(c3ccccc3)[C@@H](c3ccc(-c4ccccc4)cc3)C2)cc1. The van der Waals surface area contributed by atoms with Gasteiger partial charge in [-0.15, -0.1) is 0 Å². The molecule has 1 heterocycles. The first-order chi connectivity index (χ1) is 14.4. The van der Waals surface area contributed by atoms with Gasteiger partial charge in [0.25, 0.3) is 0 Å². The standard InChI is InChI=1S/C27H22N2/c1-4-10-21(11-5-1)22-16-18-24(19-17-22)27-20-26(23-12-6-2-7-13-23)28-29(27)25-14-8-3-9-15-25/h1-19,27H,20H2/t27-/m1/s1. The van der Waals surface area contributed by atoms with Crippen LogP contribution in [0.5, 0.6) is 0 Å². The largest absolute Gasteiger partial charge is 0.257 e. The summed E-state index contributed by atoms with van der Waals surface area (Å²) in [6, 6.07) is 40.6. The van der Waals surface area contributed by atoms with Crippen molar-refractivity contribution in [2.45, 2.75) is 12.5 Å². The van der Waals surface area contributed by atoms with E-state index in [9.17, 15) is 0 Å². The maximum atomic E-state index is 5.02. The number of benzene rings is 4. The second-order valence-corrected chi connectivity index (χ2v) is 7.30. The topological polar surface area (TPSA) is 15.6 Å². The molecule has 1 aliphatic rings. The van der Waals surface area contributed by atoms with E-state index < -0.39 is 0 Å². The molecule has 0 bridgehead atoms. The third-order valence-electron chi connectivity index (χ3n) is 5.44. The van der Waals surface area contributed by atoms with Crippen LogP contribution in [0.3, 0.4) is 0 Å². The second-order valence-electron chi connectivity index (χ2n) is 7.30. The van der Waals surface area contributed by atoms with E-state index in [1.54, 1.807) is 0 Å². The number of hydrazone groups is 1. The minimum absolute atomic E-state index is 0.192.